The lowest BCUT2D eigenvalue weighted by Crippen LogP contribution is -2.18. The van der Waals surface area contributed by atoms with Gasteiger partial charge < -0.3 is 10.3 Å². The molecule has 0 aliphatic carbocycles. The van der Waals surface area contributed by atoms with Gasteiger partial charge in [-0.1, -0.05) is 41.5 Å². The molecule has 1 aromatic heterocycles. The summed E-state index contributed by atoms with van der Waals surface area (Å²) in [7, 11) is 0. The first kappa shape index (κ1) is 13.9. The molecule has 0 saturated carbocycles. The van der Waals surface area contributed by atoms with Crippen LogP contribution in [0.15, 0.2) is 18.2 Å². The van der Waals surface area contributed by atoms with Crippen molar-refractivity contribution in [2.75, 3.05) is 11.9 Å². The van der Waals surface area contributed by atoms with Crippen LogP contribution in [0.5, 0.6) is 0 Å². The van der Waals surface area contributed by atoms with Gasteiger partial charge in [-0.05, 0) is 23.6 Å². The molecule has 0 saturated heterocycles. The summed E-state index contributed by atoms with van der Waals surface area (Å²) in [5, 5.41) is 3.48. The Balaban J connectivity index is 2.26. The summed E-state index contributed by atoms with van der Waals surface area (Å²) < 4.78 is 0. The first-order chi connectivity index (χ1) is 8.65. The highest BCUT2D eigenvalue weighted by molar-refractivity contribution is 5.79. The van der Waals surface area contributed by atoms with Gasteiger partial charge in [0.05, 0.1) is 11.0 Å². The molecule has 104 valence electrons. The lowest BCUT2D eigenvalue weighted by atomic mass is 9.96. The molecule has 0 amide bonds. The van der Waals surface area contributed by atoms with Crippen molar-refractivity contribution in [2.24, 2.45) is 5.41 Å². The second kappa shape index (κ2) is 4.55. The van der Waals surface area contributed by atoms with Crippen molar-refractivity contribution in [3.05, 3.63) is 24.0 Å². The number of aromatic nitrogens is 2. The predicted molar refractivity (Wildman–Crippen MR) is 82.7 cm³/mol. The van der Waals surface area contributed by atoms with Crippen LogP contribution in [-0.2, 0) is 5.41 Å². The average molecular weight is 259 g/mol. The lowest BCUT2D eigenvalue weighted by Gasteiger charge is -2.19. The van der Waals surface area contributed by atoms with E-state index in [2.05, 4.69) is 75.0 Å². The smallest absolute Gasteiger partial charge is 0.112 e. The zero-order chi connectivity index (χ0) is 14.3. The summed E-state index contributed by atoms with van der Waals surface area (Å²) in [5.74, 6) is 1.04. The zero-order valence-corrected chi connectivity index (χ0v) is 12.9. The molecule has 3 nitrogen and oxygen atoms in total. The number of fused-ring (bicyclic) bond motifs is 1. The van der Waals surface area contributed by atoms with Gasteiger partial charge in [0.15, 0.2) is 0 Å². The maximum absolute atomic E-state index is 4.65. The minimum atomic E-state index is 0.0536. The maximum atomic E-state index is 4.65. The van der Waals surface area contributed by atoms with E-state index in [1.54, 1.807) is 0 Å². The van der Waals surface area contributed by atoms with Gasteiger partial charge in [0, 0.05) is 17.6 Å². The topological polar surface area (TPSA) is 40.7 Å². The number of H-pyrrole nitrogens is 1. The average Bonchev–Trinajstić information content (AvgIpc) is 2.67. The van der Waals surface area contributed by atoms with E-state index in [0.717, 1.165) is 29.1 Å². The third kappa shape index (κ3) is 3.49. The van der Waals surface area contributed by atoms with E-state index in [9.17, 15) is 0 Å². The standard InChI is InChI=1S/C16H25N3/c1-15(2,3)10-17-11-7-8-12-13(9-11)19-14(18-12)16(4,5)6/h7-9,17H,10H2,1-6H3,(H,18,19). The van der Waals surface area contributed by atoms with Crippen LogP contribution in [0.3, 0.4) is 0 Å². The van der Waals surface area contributed by atoms with E-state index < -0.39 is 0 Å². The molecule has 0 aliphatic heterocycles. The Labute approximate surface area is 115 Å². The summed E-state index contributed by atoms with van der Waals surface area (Å²) in [4.78, 5) is 8.07. The van der Waals surface area contributed by atoms with E-state index in [1.807, 2.05) is 0 Å². The zero-order valence-electron chi connectivity index (χ0n) is 12.9. The highest BCUT2D eigenvalue weighted by atomic mass is 14.9. The Morgan fingerprint density at radius 2 is 1.79 bits per heavy atom. The second-order valence-electron chi connectivity index (χ2n) is 7.48. The Bertz CT molecular complexity index is 568. The number of hydrogen-bond acceptors (Lipinski definition) is 2. The minimum absolute atomic E-state index is 0.0536. The van der Waals surface area contributed by atoms with Crippen LogP contribution in [0.1, 0.15) is 47.4 Å². The Hall–Kier alpha value is -1.51. The van der Waals surface area contributed by atoms with Crippen LogP contribution in [-0.4, -0.2) is 16.5 Å². The highest BCUT2D eigenvalue weighted by Crippen LogP contribution is 2.24. The Morgan fingerprint density at radius 3 is 2.37 bits per heavy atom. The van der Waals surface area contributed by atoms with Crippen molar-refractivity contribution in [3.8, 4) is 0 Å². The van der Waals surface area contributed by atoms with Crippen LogP contribution in [0.2, 0.25) is 0 Å². The molecule has 0 atom stereocenters. The van der Waals surface area contributed by atoms with Crippen molar-refractivity contribution in [1.82, 2.24) is 9.97 Å². The number of nitrogens with zero attached hydrogens (tertiary/aromatic N) is 1. The van der Waals surface area contributed by atoms with Gasteiger partial charge in [-0.25, -0.2) is 4.98 Å². The van der Waals surface area contributed by atoms with Crippen molar-refractivity contribution in [1.29, 1.82) is 0 Å². The molecule has 0 unspecified atom stereocenters. The first-order valence-electron chi connectivity index (χ1n) is 6.89. The Kier molecular flexibility index (Phi) is 3.33. The molecule has 2 aromatic rings. The van der Waals surface area contributed by atoms with E-state index in [1.165, 1.54) is 0 Å². The molecule has 0 bridgehead atoms. The monoisotopic (exact) mass is 259 g/mol. The first-order valence-corrected chi connectivity index (χ1v) is 6.89. The molecular weight excluding hydrogens is 234 g/mol. The molecule has 2 N–H and O–H groups in total. The molecule has 19 heavy (non-hydrogen) atoms. The van der Waals surface area contributed by atoms with E-state index >= 15 is 0 Å². The van der Waals surface area contributed by atoms with Crippen LogP contribution >= 0.6 is 0 Å². The van der Waals surface area contributed by atoms with Gasteiger partial charge in [0.1, 0.15) is 5.82 Å². The maximum Gasteiger partial charge on any atom is 0.112 e. The van der Waals surface area contributed by atoms with Crippen molar-refractivity contribution >= 4 is 16.7 Å². The normalized spacial score (nSPS) is 12.9. The van der Waals surface area contributed by atoms with Gasteiger partial charge in [-0.15, -0.1) is 0 Å². The fourth-order valence-corrected chi connectivity index (χ4v) is 1.84. The molecule has 0 spiro atoms. The Morgan fingerprint density at radius 1 is 1.11 bits per heavy atom. The summed E-state index contributed by atoms with van der Waals surface area (Å²) in [6.45, 7) is 14.2. The van der Waals surface area contributed by atoms with Crippen LogP contribution in [0, 0.1) is 5.41 Å². The summed E-state index contributed by atoms with van der Waals surface area (Å²) in [6, 6.07) is 6.32. The van der Waals surface area contributed by atoms with Crippen LogP contribution in [0.4, 0.5) is 5.69 Å². The molecule has 1 heterocycles. The number of imidazole rings is 1. The van der Waals surface area contributed by atoms with Gasteiger partial charge in [-0.2, -0.15) is 0 Å². The number of anilines is 1. The molecule has 0 aliphatic rings. The number of nitrogens with one attached hydrogen (secondary N) is 2. The molecule has 0 fully saturated rings. The summed E-state index contributed by atoms with van der Waals surface area (Å²) in [6.07, 6.45) is 0. The number of benzene rings is 1. The van der Waals surface area contributed by atoms with E-state index in [0.29, 0.717) is 0 Å². The van der Waals surface area contributed by atoms with Gasteiger partial charge in [0.25, 0.3) is 0 Å². The van der Waals surface area contributed by atoms with Gasteiger partial charge >= 0.3 is 0 Å². The minimum Gasteiger partial charge on any atom is -0.384 e. The molecule has 1 aromatic carbocycles. The van der Waals surface area contributed by atoms with Crippen molar-refractivity contribution in [3.63, 3.8) is 0 Å². The number of hydrogen-bond donors (Lipinski definition) is 2. The third-order valence-corrected chi connectivity index (χ3v) is 3.02. The lowest BCUT2D eigenvalue weighted by molar-refractivity contribution is 0.443. The summed E-state index contributed by atoms with van der Waals surface area (Å²) >= 11 is 0. The quantitative estimate of drug-likeness (QED) is 0.843. The van der Waals surface area contributed by atoms with Crippen molar-refractivity contribution < 1.29 is 0 Å². The number of rotatable bonds is 2. The van der Waals surface area contributed by atoms with E-state index in [-0.39, 0.29) is 10.8 Å². The third-order valence-electron chi connectivity index (χ3n) is 3.02. The van der Waals surface area contributed by atoms with E-state index in [4.69, 9.17) is 0 Å². The van der Waals surface area contributed by atoms with Crippen molar-refractivity contribution in [2.45, 2.75) is 47.0 Å². The molecule has 0 radical (unpaired) electrons. The van der Waals surface area contributed by atoms with Crippen LogP contribution in [0.25, 0.3) is 11.0 Å². The predicted octanol–water partition coefficient (Wildman–Crippen LogP) is 4.32. The van der Waals surface area contributed by atoms with Gasteiger partial charge in [-0.3, -0.25) is 0 Å². The highest BCUT2D eigenvalue weighted by Gasteiger charge is 2.18. The van der Waals surface area contributed by atoms with Crippen LogP contribution < -0.4 is 5.32 Å². The SMILES string of the molecule is CC(C)(C)CNc1ccc2nc(C(C)(C)C)[nH]c2c1. The number of aromatic amines is 1. The van der Waals surface area contributed by atoms with Gasteiger partial charge in [0.2, 0.25) is 0 Å². The summed E-state index contributed by atoms with van der Waals surface area (Å²) in [5.41, 5.74) is 3.61. The molecule has 2 rings (SSSR count). The molecular formula is C16H25N3. The largest absolute Gasteiger partial charge is 0.384 e. The second-order valence-corrected chi connectivity index (χ2v) is 7.48. The fraction of sp³-hybridized carbons (Fsp3) is 0.562. The molecule has 3 heteroatoms. The fourth-order valence-electron chi connectivity index (χ4n) is 1.84.